The molecule has 2 heterocycles. The van der Waals surface area contributed by atoms with Gasteiger partial charge in [0.05, 0.1) is 19.2 Å². The second-order valence-corrected chi connectivity index (χ2v) is 19.6. The van der Waals surface area contributed by atoms with E-state index in [4.69, 9.17) is 0 Å². The van der Waals surface area contributed by atoms with E-state index in [2.05, 4.69) is 181 Å². The van der Waals surface area contributed by atoms with Crippen LogP contribution in [0.2, 0.25) is 19.6 Å². The van der Waals surface area contributed by atoms with Crippen LogP contribution in [0.1, 0.15) is 11.1 Å². The molecule has 2 nitrogen and oxygen atoms in total. The van der Waals surface area contributed by atoms with Gasteiger partial charge in [-0.05, 0) is 39.2 Å². The Labute approximate surface area is 282 Å². The molecule has 0 aliphatic carbocycles. The number of hydrogen-bond donors (Lipinski definition) is 0. The van der Waals surface area contributed by atoms with Crippen LogP contribution in [0, 0.1) is 0 Å². The van der Waals surface area contributed by atoms with Crippen molar-refractivity contribution >= 4 is 71.4 Å². The summed E-state index contributed by atoms with van der Waals surface area (Å²) in [5.74, 6) is 1.93. The highest BCUT2D eigenvalue weighted by atomic mass is 32.2. The van der Waals surface area contributed by atoms with E-state index in [-0.39, 0.29) is 0 Å². The fourth-order valence-electron chi connectivity index (χ4n) is 6.11. The van der Waals surface area contributed by atoms with Gasteiger partial charge in [0.2, 0.25) is 11.4 Å². The summed E-state index contributed by atoms with van der Waals surface area (Å²) in [6, 6.07) is 49.8. The second kappa shape index (κ2) is 13.3. The van der Waals surface area contributed by atoms with Gasteiger partial charge in [-0.3, -0.25) is 0 Å². The van der Waals surface area contributed by atoms with Crippen molar-refractivity contribution in [2.45, 2.75) is 29.4 Å². The summed E-state index contributed by atoms with van der Waals surface area (Å²) in [5.41, 5.74) is 7.80. The van der Waals surface area contributed by atoms with E-state index in [0.717, 1.165) is 11.8 Å². The Morgan fingerprint density at radius 3 is 1.63 bits per heavy atom. The van der Waals surface area contributed by atoms with Gasteiger partial charge in [-0.25, -0.2) is 0 Å². The third kappa shape index (κ3) is 6.41. The van der Waals surface area contributed by atoms with Gasteiger partial charge in [0, 0.05) is 34.1 Å². The highest BCUT2D eigenvalue weighted by Gasteiger charge is 2.27. The van der Waals surface area contributed by atoms with Gasteiger partial charge in [-0.1, -0.05) is 146 Å². The molecule has 46 heavy (non-hydrogen) atoms. The molecule has 2 aliphatic heterocycles. The maximum absolute atomic E-state index is 2.42. The number of thioether (sulfide) groups is 2. The normalized spacial score (nSPS) is 13.9. The van der Waals surface area contributed by atoms with Gasteiger partial charge in [0.15, 0.2) is 24.2 Å². The molecule has 0 amide bonds. The highest BCUT2D eigenvalue weighted by Crippen LogP contribution is 2.39. The largest absolute Gasteiger partial charge is 0.205 e. The molecule has 0 N–H and O–H groups in total. The Morgan fingerprint density at radius 1 is 0.478 bits per heavy atom. The molecule has 6 aromatic carbocycles. The van der Waals surface area contributed by atoms with Gasteiger partial charge in [-0.2, -0.15) is 9.15 Å². The average molecular weight is 651 g/mol. The quantitative estimate of drug-likeness (QED) is 0.138. The Bertz CT molecular complexity index is 2070. The molecular formula is C41H38N2S2Si+2. The Hall–Kier alpha value is -4.16. The van der Waals surface area contributed by atoms with Crippen molar-refractivity contribution < 1.29 is 9.15 Å². The monoisotopic (exact) mass is 650 g/mol. The van der Waals surface area contributed by atoms with Crippen molar-refractivity contribution in [3.63, 3.8) is 0 Å². The van der Waals surface area contributed by atoms with Crippen LogP contribution in [0.5, 0.6) is 0 Å². The smallest absolute Gasteiger partial charge is 0.188 e. The summed E-state index contributed by atoms with van der Waals surface area (Å²) < 4.78 is 4.65. The van der Waals surface area contributed by atoms with E-state index in [1.54, 1.807) is 5.19 Å². The minimum atomic E-state index is -1.27. The van der Waals surface area contributed by atoms with E-state index >= 15 is 0 Å². The zero-order valence-electron chi connectivity index (χ0n) is 26.6. The third-order valence-electron chi connectivity index (χ3n) is 8.44. The minimum absolute atomic E-state index is 0.929. The van der Waals surface area contributed by atoms with Crippen molar-refractivity contribution in [1.82, 2.24) is 0 Å². The van der Waals surface area contributed by atoms with Crippen molar-refractivity contribution in [3.05, 3.63) is 151 Å². The molecule has 0 radical (unpaired) electrons. The molecule has 0 saturated heterocycles. The van der Waals surface area contributed by atoms with Crippen LogP contribution >= 0.6 is 23.5 Å². The Balaban J connectivity index is 0.000000152. The lowest BCUT2D eigenvalue weighted by Gasteiger charge is -2.23. The molecule has 0 atom stereocenters. The van der Waals surface area contributed by atoms with Crippen LogP contribution in [0.3, 0.4) is 0 Å². The Kier molecular flexibility index (Phi) is 8.81. The molecule has 0 aromatic heterocycles. The number of fused-ring (bicyclic) bond motifs is 3. The summed E-state index contributed by atoms with van der Waals surface area (Å²) in [6.07, 6.45) is 4.57. The lowest BCUT2D eigenvalue weighted by Crippen LogP contribution is -2.40. The van der Waals surface area contributed by atoms with Crippen LogP contribution in [0.4, 0.5) is 11.4 Å². The average Bonchev–Trinajstić information content (AvgIpc) is 3.11. The van der Waals surface area contributed by atoms with Gasteiger partial charge >= 0.3 is 0 Å². The van der Waals surface area contributed by atoms with E-state index in [1.165, 1.54) is 54.2 Å². The Morgan fingerprint density at radius 2 is 0.978 bits per heavy atom. The molecule has 0 bridgehead atoms. The molecule has 226 valence electrons. The van der Waals surface area contributed by atoms with E-state index in [0.29, 0.717) is 0 Å². The van der Waals surface area contributed by atoms with Crippen LogP contribution in [0.25, 0.3) is 21.9 Å². The summed E-state index contributed by atoms with van der Waals surface area (Å²) in [7, 11) is -1.27. The number of benzene rings is 6. The minimum Gasteiger partial charge on any atom is -0.188 e. The number of para-hydroxylation sites is 2. The SMILES string of the molecule is C1=[N+](c2ccccc2)CSc2c1cccc2-c1cccc2ccccc12.C[Si](C)(C)c1cccc2c1SC[N+](c1ccccc1)=C2. The second-order valence-electron chi connectivity index (χ2n) is 12.6. The van der Waals surface area contributed by atoms with Crippen LogP contribution in [-0.4, -0.2) is 41.4 Å². The predicted octanol–water partition coefficient (Wildman–Crippen LogP) is 10.4. The number of rotatable bonds is 4. The molecule has 8 rings (SSSR count). The van der Waals surface area contributed by atoms with Crippen molar-refractivity contribution in [2.75, 3.05) is 11.8 Å². The van der Waals surface area contributed by atoms with E-state index < -0.39 is 8.07 Å². The zero-order chi connectivity index (χ0) is 31.5. The first-order valence-corrected chi connectivity index (χ1v) is 21.3. The molecule has 6 aromatic rings. The van der Waals surface area contributed by atoms with Gasteiger partial charge in [-0.15, -0.1) is 0 Å². The summed E-state index contributed by atoms with van der Waals surface area (Å²) in [4.78, 5) is 2.87. The maximum atomic E-state index is 2.42. The molecular weight excluding hydrogens is 613 g/mol. The van der Waals surface area contributed by atoms with Gasteiger partial charge < -0.3 is 0 Å². The van der Waals surface area contributed by atoms with E-state index in [9.17, 15) is 0 Å². The van der Waals surface area contributed by atoms with Crippen LogP contribution in [0.15, 0.2) is 149 Å². The van der Waals surface area contributed by atoms with Gasteiger partial charge in [0.25, 0.3) is 0 Å². The molecule has 0 fully saturated rings. The molecule has 2 aliphatic rings. The summed E-state index contributed by atoms with van der Waals surface area (Å²) >= 11 is 3.89. The predicted molar refractivity (Wildman–Crippen MR) is 203 cm³/mol. The maximum Gasteiger partial charge on any atom is 0.205 e. The third-order valence-corrected chi connectivity index (χ3v) is 13.0. The fourth-order valence-corrected chi connectivity index (χ4v) is 10.8. The van der Waals surface area contributed by atoms with Crippen LogP contribution < -0.4 is 5.19 Å². The lowest BCUT2D eigenvalue weighted by atomic mass is 9.97. The molecule has 0 unspecified atom stereocenters. The first-order chi connectivity index (χ1) is 22.5. The summed E-state index contributed by atoms with van der Waals surface area (Å²) in [6.45, 7) is 7.27. The van der Waals surface area contributed by atoms with Crippen molar-refractivity contribution in [3.8, 4) is 11.1 Å². The van der Waals surface area contributed by atoms with Crippen molar-refractivity contribution in [2.24, 2.45) is 0 Å². The highest BCUT2D eigenvalue weighted by molar-refractivity contribution is 7.99. The van der Waals surface area contributed by atoms with E-state index in [1.807, 2.05) is 23.5 Å². The zero-order valence-corrected chi connectivity index (χ0v) is 29.2. The topological polar surface area (TPSA) is 6.02 Å². The first-order valence-electron chi connectivity index (χ1n) is 15.8. The lowest BCUT2D eigenvalue weighted by molar-refractivity contribution is -0.411. The summed E-state index contributed by atoms with van der Waals surface area (Å²) in [5, 5.41) is 4.19. The molecule has 0 spiro atoms. The number of hydrogen-bond acceptors (Lipinski definition) is 2. The van der Waals surface area contributed by atoms with Crippen molar-refractivity contribution in [1.29, 1.82) is 0 Å². The molecule has 0 saturated carbocycles. The standard InChI is InChI=1S/C24H18NS.C17H20NSSi/c1-2-11-20(12-3-1)25-16-19-10-7-15-23(24(19)26-17-25)22-14-6-9-18-8-4-5-13-21(18)22;1-20(2,3)16-11-7-8-14-12-18(13-19-17(14)16)15-9-5-4-6-10-15/h1-16H,17H2;4-12H,13H2,1-3H3/q2*+1. The van der Waals surface area contributed by atoms with Crippen LogP contribution in [-0.2, 0) is 0 Å². The fraction of sp³-hybridized carbons (Fsp3) is 0.122. The number of nitrogens with zero attached hydrogens (tertiary/aromatic N) is 2. The molecule has 5 heteroatoms. The first kappa shape index (κ1) is 30.5. The van der Waals surface area contributed by atoms with Gasteiger partial charge in [0.1, 0.15) is 0 Å².